The molecule has 6 nitrogen and oxygen atoms in total. The van der Waals surface area contributed by atoms with Crippen molar-refractivity contribution in [2.75, 3.05) is 19.6 Å². The number of amides is 2. The van der Waals surface area contributed by atoms with Gasteiger partial charge in [-0.2, -0.15) is 18.3 Å². The van der Waals surface area contributed by atoms with Crippen LogP contribution < -0.4 is 5.32 Å². The fourth-order valence-corrected chi connectivity index (χ4v) is 2.35. The second-order valence-corrected chi connectivity index (χ2v) is 5.20. The molecule has 0 aromatic carbocycles. The van der Waals surface area contributed by atoms with E-state index in [1.807, 2.05) is 0 Å². The van der Waals surface area contributed by atoms with E-state index in [1.54, 1.807) is 23.1 Å². The van der Waals surface area contributed by atoms with Crippen molar-refractivity contribution in [3.8, 4) is 0 Å². The van der Waals surface area contributed by atoms with E-state index in [-0.39, 0.29) is 18.9 Å². The first-order valence-electron chi connectivity index (χ1n) is 6.95. The van der Waals surface area contributed by atoms with Crippen LogP contribution in [0, 0.1) is 5.92 Å². The highest BCUT2D eigenvalue weighted by Gasteiger charge is 2.40. The van der Waals surface area contributed by atoms with Crippen molar-refractivity contribution in [1.82, 2.24) is 20.0 Å². The van der Waals surface area contributed by atoms with Gasteiger partial charge in [-0.1, -0.05) is 0 Å². The van der Waals surface area contributed by atoms with Crippen LogP contribution in [-0.4, -0.2) is 52.3 Å². The minimum Gasteiger partial charge on any atom is -0.356 e. The van der Waals surface area contributed by atoms with Crippen LogP contribution in [0.2, 0.25) is 0 Å². The number of carbonyl (C=O) groups is 2. The van der Waals surface area contributed by atoms with E-state index >= 15 is 0 Å². The van der Waals surface area contributed by atoms with Crippen molar-refractivity contribution in [3.63, 3.8) is 0 Å². The molecule has 1 saturated heterocycles. The van der Waals surface area contributed by atoms with E-state index in [9.17, 15) is 22.8 Å². The molecular formula is C13H17F3N4O2. The summed E-state index contributed by atoms with van der Waals surface area (Å²) in [5, 5.41) is 6.66. The van der Waals surface area contributed by atoms with Gasteiger partial charge in [0.05, 0.1) is 5.92 Å². The maximum atomic E-state index is 12.3. The third kappa shape index (κ3) is 4.74. The zero-order valence-electron chi connectivity index (χ0n) is 11.8. The molecule has 1 aliphatic heterocycles. The minimum atomic E-state index is -4.44. The molecular weight excluding hydrogens is 301 g/mol. The maximum absolute atomic E-state index is 12.3. The van der Waals surface area contributed by atoms with Crippen LogP contribution in [0.1, 0.15) is 12.8 Å². The Labute approximate surface area is 125 Å². The molecule has 2 heterocycles. The Morgan fingerprint density at radius 3 is 2.86 bits per heavy atom. The van der Waals surface area contributed by atoms with E-state index in [4.69, 9.17) is 0 Å². The number of hydrogen-bond acceptors (Lipinski definition) is 3. The molecule has 1 N–H and O–H groups in total. The zero-order valence-corrected chi connectivity index (χ0v) is 11.8. The third-order valence-corrected chi connectivity index (χ3v) is 3.38. The lowest BCUT2D eigenvalue weighted by Crippen LogP contribution is -2.37. The first-order chi connectivity index (χ1) is 10.3. The fraction of sp³-hybridized carbons (Fsp3) is 0.615. The fourth-order valence-electron chi connectivity index (χ4n) is 2.35. The first kappa shape index (κ1) is 16.3. The summed E-state index contributed by atoms with van der Waals surface area (Å²) in [5.74, 6) is -1.72. The SMILES string of the molecule is O=C(NCCCn1cccn1)[C@H]1CC(=O)N(CC(F)(F)F)C1. The van der Waals surface area contributed by atoms with Crippen LogP contribution in [0.15, 0.2) is 18.5 Å². The average molecular weight is 318 g/mol. The van der Waals surface area contributed by atoms with E-state index in [2.05, 4.69) is 10.4 Å². The number of aromatic nitrogens is 2. The van der Waals surface area contributed by atoms with Gasteiger partial charge in [-0.3, -0.25) is 14.3 Å². The van der Waals surface area contributed by atoms with E-state index in [1.165, 1.54) is 0 Å². The molecule has 1 fully saturated rings. The number of halogens is 3. The molecule has 1 aliphatic rings. The van der Waals surface area contributed by atoms with Gasteiger partial charge < -0.3 is 10.2 Å². The molecule has 0 bridgehead atoms. The highest BCUT2D eigenvalue weighted by atomic mass is 19.4. The first-order valence-corrected chi connectivity index (χ1v) is 6.95. The number of hydrogen-bond donors (Lipinski definition) is 1. The van der Waals surface area contributed by atoms with Crippen molar-refractivity contribution in [2.24, 2.45) is 5.92 Å². The standard InChI is InChI=1S/C13H17F3N4O2/c14-13(15,16)9-19-8-10(7-11(19)21)12(22)17-3-1-5-20-6-2-4-18-20/h2,4,6,10H,1,3,5,7-9H2,(H,17,22)/t10-/m0/s1. The molecule has 22 heavy (non-hydrogen) atoms. The average Bonchev–Trinajstić information content (AvgIpc) is 3.04. The summed E-state index contributed by atoms with van der Waals surface area (Å²) >= 11 is 0. The number of rotatable bonds is 6. The molecule has 0 unspecified atom stereocenters. The molecule has 1 atom stereocenters. The Hall–Kier alpha value is -2.06. The summed E-state index contributed by atoms with van der Waals surface area (Å²) in [7, 11) is 0. The van der Waals surface area contributed by atoms with Gasteiger partial charge in [0.25, 0.3) is 0 Å². The van der Waals surface area contributed by atoms with Crippen molar-refractivity contribution in [1.29, 1.82) is 0 Å². The lowest BCUT2D eigenvalue weighted by molar-refractivity contribution is -0.157. The van der Waals surface area contributed by atoms with Crippen LogP contribution in [0.3, 0.4) is 0 Å². The summed E-state index contributed by atoms with van der Waals surface area (Å²) in [6.07, 6.45) is -0.503. The molecule has 0 radical (unpaired) electrons. The Balaban J connectivity index is 1.70. The second kappa shape index (κ2) is 6.80. The summed E-state index contributed by atoms with van der Waals surface area (Å²) in [5.41, 5.74) is 0. The van der Waals surface area contributed by atoms with Crippen molar-refractivity contribution >= 4 is 11.8 Å². The minimum absolute atomic E-state index is 0.166. The quantitative estimate of drug-likeness (QED) is 0.789. The molecule has 9 heteroatoms. The Morgan fingerprint density at radius 1 is 1.45 bits per heavy atom. The smallest absolute Gasteiger partial charge is 0.356 e. The van der Waals surface area contributed by atoms with Gasteiger partial charge in [-0.25, -0.2) is 0 Å². The molecule has 2 rings (SSSR count). The molecule has 0 saturated carbocycles. The van der Waals surface area contributed by atoms with Crippen LogP contribution in [0.5, 0.6) is 0 Å². The largest absolute Gasteiger partial charge is 0.406 e. The van der Waals surface area contributed by atoms with Gasteiger partial charge in [-0.15, -0.1) is 0 Å². The zero-order chi connectivity index (χ0) is 16.2. The number of nitrogens with one attached hydrogen (secondary N) is 1. The second-order valence-electron chi connectivity index (χ2n) is 5.20. The Kier molecular flexibility index (Phi) is 5.04. The Morgan fingerprint density at radius 2 is 2.23 bits per heavy atom. The number of alkyl halides is 3. The van der Waals surface area contributed by atoms with E-state index in [0.717, 1.165) is 0 Å². The monoisotopic (exact) mass is 318 g/mol. The number of likely N-dealkylation sites (tertiary alicyclic amines) is 1. The lowest BCUT2D eigenvalue weighted by Gasteiger charge is -2.18. The van der Waals surface area contributed by atoms with Crippen molar-refractivity contribution in [3.05, 3.63) is 18.5 Å². The molecule has 2 amide bonds. The van der Waals surface area contributed by atoms with E-state index < -0.39 is 24.5 Å². The molecule has 122 valence electrons. The van der Waals surface area contributed by atoms with Crippen LogP contribution in [-0.2, 0) is 16.1 Å². The predicted octanol–water partition coefficient (Wildman–Crippen LogP) is 0.800. The number of carbonyl (C=O) groups excluding carboxylic acids is 2. The Bertz CT molecular complexity index is 516. The summed E-state index contributed by atoms with van der Waals surface area (Å²) < 4.78 is 38.6. The van der Waals surface area contributed by atoms with Crippen LogP contribution >= 0.6 is 0 Å². The molecule has 1 aromatic rings. The summed E-state index contributed by atoms with van der Waals surface area (Å²) in [6.45, 7) is -0.446. The van der Waals surface area contributed by atoms with Gasteiger partial charge in [0.2, 0.25) is 11.8 Å². The van der Waals surface area contributed by atoms with Crippen molar-refractivity contribution < 1.29 is 22.8 Å². The maximum Gasteiger partial charge on any atom is 0.406 e. The lowest BCUT2D eigenvalue weighted by atomic mass is 10.1. The van der Waals surface area contributed by atoms with Gasteiger partial charge in [0.15, 0.2) is 0 Å². The van der Waals surface area contributed by atoms with Crippen LogP contribution in [0.4, 0.5) is 13.2 Å². The van der Waals surface area contributed by atoms with Gasteiger partial charge in [0.1, 0.15) is 6.54 Å². The molecule has 1 aromatic heterocycles. The van der Waals surface area contributed by atoms with E-state index in [0.29, 0.717) is 24.4 Å². The highest BCUT2D eigenvalue weighted by Crippen LogP contribution is 2.23. The van der Waals surface area contributed by atoms with Gasteiger partial charge in [0, 0.05) is 38.4 Å². The van der Waals surface area contributed by atoms with Gasteiger partial charge in [-0.05, 0) is 12.5 Å². The molecule has 0 spiro atoms. The third-order valence-electron chi connectivity index (χ3n) is 3.38. The van der Waals surface area contributed by atoms with Crippen LogP contribution in [0.25, 0.3) is 0 Å². The summed E-state index contributed by atoms with van der Waals surface area (Å²) in [6, 6.07) is 1.79. The van der Waals surface area contributed by atoms with Crippen molar-refractivity contribution in [2.45, 2.75) is 25.6 Å². The molecule has 0 aliphatic carbocycles. The number of aryl methyl sites for hydroxylation is 1. The highest BCUT2D eigenvalue weighted by molar-refractivity contribution is 5.89. The topological polar surface area (TPSA) is 67.2 Å². The number of nitrogens with zero attached hydrogens (tertiary/aromatic N) is 3. The van der Waals surface area contributed by atoms with Gasteiger partial charge >= 0.3 is 6.18 Å². The predicted molar refractivity (Wildman–Crippen MR) is 70.6 cm³/mol. The summed E-state index contributed by atoms with van der Waals surface area (Å²) in [4.78, 5) is 24.0. The normalized spacial score (nSPS) is 18.8.